The van der Waals surface area contributed by atoms with Crippen LogP contribution in [0.3, 0.4) is 0 Å². The molecule has 0 bridgehead atoms. The Labute approximate surface area is 182 Å². The van der Waals surface area contributed by atoms with Crippen molar-refractivity contribution in [2.24, 2.45) is 0 Å². The lowest BCUT2D eigenvalue weighted by atomic mass is 9.76. The van der Waals surface area contributed by atoms with Crippen LogP contribution in [-0.4, -0.2) is 65.8 Å². The first-order chi connectivity index (χ1) is 14.8. The van der Waals surface area contributed by atoms with Crippen molar-refractivity contribution >= 4 is 6.09 Å². The largest absolute Gasteiger partial charge is 0.453 e. The zero-order chi connectivity index (χ0) is 22.0. The molecule has 1 amide bonds. The highest BCUT2D eigenvalue weighted by molar-refractivity contribution is 5.80. The summed E-state index contributed by atoms with van der Waals surface area (Å²) in [6.45, 7) is 6.48. The lowest BCUT2D eigenvalue weighted by molar-refractivity contribution is -0.178. The molecule has 6 nitrogen and oxygen atoms in total. The number of carbonyl (C=O) groups is 1. The zero-order valence-electron chi connectivity index (χ0n) is 18.4. The molecule has 2 fully saturated rings. The van der Waals surface area contributed by atoms with Crippen LogP contribution in [0, 0.1) is 0 Å². The highest BCUT2D eigenvalue weighted by Gasteiger charge is 2.66. The number of fused-ring (bicyclic) bond motifs is 4. The molecule has 2 aromatic rings. The van der Waals surface area contributed by atoms with Crippen molar-refractivity contribution in [1.82, 2.24) is 4.90 Å². The summed E-state index contributed by atoms with van der Waals surface area (Å²) in [6.07, 6.45) is -1.75. The van der Waals surface area contributed by atoms with Crippen molar-refractivity contribution in [2.75, 3.05) is 20.3 Å². The molecule has 2 heterocycles. The number of hydrogen-bond donors (Lipinski definition) is 1. The van der Waals surface area contributed by atoms with E-state index in [0.29, 0.717) is 0 Å². The van der Waals surface area contributed by atoms with Gasteiger partial charge in [0.05, 0.1) is 31.9 Å². The van der Waals surface area contributed by atoms with Gasteiger partial charge in [0, 0.05) is 5.92 Å². The van der Waals surface area contributed by atoms with E-state index in [0.717, 1.165) is 11.1 Å². The molecule has 3 aliphatic rings. The highest BCUT2D eigenvalue weighted by atomic mass is 16.6. The number of ether oxygens (including phenoxy) is 3. The normalized spacial score (nSPS) is 29.6. The summed E-state index contributed by atoms with van der Waals surface area (Å²) in [5.41, 5.74) is 3.28. The van der Waals surface area contributed by atoms with Crippen LogP contribution in [-0.2, 0) is 14.2 Å². The van der Waals surface area contributed by atoms with Gasteiger partial charge in [-0.1, -0.05) is 48.5 Å². The van der Waals surface area contributed by atoms with Crippen LogP contribution in [0.15, 0.2) is 48.5 Å². The van der Waals surface area contributed by atoms with Gasteiger partial charge in [0.15, 0.2) is 0 Å². The second-order valence-electron chi connectivity index (χ2n) is 9.69. The number of likely N-dealkylation sites (tertiary alicyclic amines) is 1. The quantitative estimate of drug-likeness (QED) is 0.800. The van der Waals surface area contributed by atoms with Crippen molar-refractivity contribution in [1.29, 1.82) is 0 Å². The van der Waals surface area contributed by atoms with Crippen LogP contribution in [0.5, 0.6) is 0 Å². The molecule has 1 N–H and O–H groups in total. The Bertz CT molecular complexity index is 969. The number of benzene rings is 2. The maximum absolute atomic E-state index is 12.7. The van der Waals surface area contributed by atoms with Gasteiger partial charge >= 0.3 is 6.09 Å². The van der Waals surface area contributed by atoms with Crippen molar-refractivity contribution in [3.8, 4) is 11.1 Å². The molecule has 164 valence electrons. The molecular weight excluding hydrogens is 394 g/mol. The predicted octanol–water partition coefficient (Wildman–Crippen LogP) is 3.56. The molecule has 0 unspecified atom stereocenters. The average molecular weight is 424 g/mol. The molecule has 0 aromatic heterocycles. The van der Waals surface area contributed by atoms with Crippen LogP contribution in [0.25, 0.3) is 11.1 Å². The molecule has 2 aromatic carbocycles. The molecule has 2 aliphatic heterocycles. The molecule has 5 rings (SSSR count). The van der Waals surface area contributed by atoms with E-state index in [9.17, 15) is 9.90 Å². The Morgan fingerprint density at radius 3 is 2.23 bits per heavy atom. The molecule has 0 saturated carbocycles. The number of methoxy groups -OCH3 is 1. The Morgan fingerprint density at radius 2 is 1.68 bits per heavy atom. The summed E-state index contributed by atoms with van der Waals surface area (Å²) in [5.74, 6) is -0.147. The monoisotopic (exact) mass is 423 g/mol. The molecule has 4 atom stereocenters. The molecule has 2 saturated heterocycles. The fourth-order valence-corrected chi connectivity index (χ4v) is 5.82. The van der Waals surface area contributed by atoms with Crippen LogP contribution >= 0.6 is 0 Å². The fraction of sp³-hybridized carbons (Fsp3) is 0.480. The fourth-order valence-electron chi connectivity index (χ4n) is 5.82. The first kappa shape index (κ1) is 20.5. The van der Waals surface area contributed by atoms with Crippen LogP contribution in [0.2, 0.25) is 0 Å². The van der Waals surface area contributed by atoms with Gasteiger partial charge in [-0.3, -0.25) is 4.90 Å². The van der Waals surface area contributed by atoms with E-state index in [-0.39, 0.29) is 19.1 Å². The first-order valence-electron chi connectivity index (χ1n) is 10.8. The van der Waals surface area contributed by atoms with Gasteiger partial charge in [-0.2, -0.15) is 0 Å². The Kier molecular flexibility index (Phi) is 4.66. The third-order valence-corrected chi connectivity index (χ3v) is 6.64. The zero-order valence-corrected chi connectivity index (χ0v) is 18.4. The average Bonchev–Trinajstić information content (AvgIpc) is 3.38. The summed E-state index contributed by atoms with van der Waals surface area (Å²) in [5, 5.41) is 10.7. The van der Waals surface area contributed by atoms with Gasteiger partial charge < -0.3 is 19.3 Å². The van der Waals surface area contributed by atoms with Crippen LogP contribution in [0.4, 0.5) is 4.79 Å². The van der Waals surface area contributed by atoms with Gasteiger partial charge in [-0.25, -0.2) is 4.79 Å². The number of aliphatic hydroxyl groups is 1. The second-order valence-corrected chi connectivity index (χ2v) is 9.69. The molecule has 0 spiro atoms. The lowest BCUT2D eigenvalue weighted by Crippen LogP contribution is -2.54. The van der Waals surface area contributed by atoms with Gasteiger partial charge in [-0.15, -0.1) is 0 Å². The van der Waals surface area contributed by atoms with Gasteiger partial charge in [0.2, 0.25) is 0 Å². The molecule has 1 aliphatic carbocycles. The number of hydrogen-bond acceptors (Lipinski definition) is 5. The second kappa shape index (κ2) is 7.05. The summed E-state index contributed by atoms with van der Waals surface area (Å²) < 4.78 is 18.2. The number of amides is 1. The predicted molar refractivity (Wildman–Crippen MR) is 116 cm³/mol. The molecule has 6 heteroatoms. The van der Waals surface area contributed by atoms with Crippen molar-refractivity contribution < 1.29 is 24.1 Å². The van der Waals surface area contributed by atoms with E-state index >= 15 is 0 Å². The molecule has 0 radical (unpaired) electrons. The summed E-state index contributed by atoms with van der Waals surface area (Å²) in [6, 6.07) is 16.2. The Hall–Kier alpha value is -2.41. The third-order valence-electron chi connectivity index (χ3n) is 6.64. The van der Waals surface area contributed by atoms with E-state index in [4.69, 9.17) is 14.2 Å². The van der Waals surface area contributed by atoms with Gasteiger partial charge in [0.25, 0.3) is 0 Å². The molecular formula is C25H29NO5. The number of nitrogens with zero attached hydrogens (tertiary/aromatic N) is 1. The van der Waals surface area contributed by atoms with E-state index in [1.54, 1.807) is 4.90 Å². The maximum Gasteiger partial charge on any atom is 0.410 e. The smallest absolute Gasteiger partial charge is 0.410 e. The van der Waals surface area contributed by atoms with E-state index in [1.807, 2.05) is 45.0 Å². The first-order valence-corrected chi connectivity index (χ1v) is 10.8. The SMILES string of the molecule is COC(=O)N1C[C@](OC(C)(C)C)(C2c3ccccc3-c3ccccc32)[C@H]2OC[C@H](O)[C@H]21. The summed E-state index contributed by atoms with van der Waals surface area (Å²) >= 11 is 0. The van der Waals surface area contributed by atoms with E-state index < -0.39 is 35.5 Å². The summed E-state index contributed by atoms with van der Waals surface area (Å²) in [4.78, 5) is 14.3. The number of rotatable bonds is 2. The van der Waals surface area contributed by atoms with Gasteiger partial charge in [0.1, 0.15) is 17.8 Å². The molecule has 31 heavy (non-hydrogen) atoms. The van der Waals surface area contributed by atoms with Crippen LogP contribution in [0.1, 0.15) is 37.8 Å². The standard InChI is InChI=1S/C25H29NO5/c1-24(2,3)31-25(14-26(23(28)29-4)21-19(27)13-30-22(21)25)20-17-11-7-5-9-15(17)16-10-6-8-12-18(16)20/h5-12,19-22,27H,13-14H2,1-4H3/t19-,21+,22-,25-/m0/s1. The lowest BCUT2D eigenvalue weighted by Gasteiger charge is -2.44. The van der Waals surface area contributed by atoms with Crippen molar-refractivity contribution in [3.63, 3.8) is 0 Å². The minimum atomic E-state index is -0.878. The topological polar surface area (TPSA) is 68.2 Å². The number of carbonyl (C=O) groups excluding carboxylic acids is 1. The highest BCUT2D eigenvalue weighted by Crippen LogP contribution is 2.57. The minimum absolute atomic E-state index is 0.147. The van der Waals surface area contributed by atoms with Crippen molar-refractivity contribution in [3.05, 3.63) is 59.7 Å². The van der Waals surface area contributed by atoms with Gasteiger partial charge in [-0.05, 0) is 43.0 Å². The maximum atomic E-state index is 12.7. The van der Waals surface area contributed by atoms with Crippen molar-refractivity contribution in [2.45, 2.75) is 56.1 Å². The van der Waals surface area contributed by atoms with E-state index in [2.05, 4.69) is 24.3 Å². The van der Waals surface area contributed by atoms with Crippen LogP contribution < -0.4 is 0 Å². The Morgan fingerprint density at radius 1 is 1.10 bits per heavy atom. The number of aliphatic hydroxyl groups excluding tert-OH is 1. The Balaban J connectivity index is 1.74. The third kappa shape index (κ3) is 3.00. The summed E-state index contributed by atoms with van der Waals surface area (Å²) in [7, 11) is 1.37. The van der Waals surface area contributed by atoms with E-state index in [1.165, 1.54) is 18.2 Å². The minimum Gasteiger partial charge on any atom is -0.453 e.